The Morgan fingerprint density at radius 2 is 2.05 bits per heavy atom. The Kier molecular flexibility index (Phi) is 7.82. The van der Waals surface area contributed by atoms with Crippen molar-refractivity contribution in [2.24, 2.45) is 0 Å². The molecule has 0 fully saturated rings. The molecule has 3 nitrogen and oxygen atoms in total. The van der Waals surface area contributed by atoms with Gasteiger partial charge < -0.3 is 10.1 Å². The first-order valence-corrected chi connectivity index (χ1v) is 6.83. The van der Waals surface area contributed by atoms with Crippen LogP contribution in [0.4, 0.5) is 4.39 Å². The van der Waals surface area contributed by atoms with E-state index in [1.54, 1.807) is 19.1 Å². The molecule has 0 spiro atoms. The smallest absolute Gasteiger partial charge is 0.305 e. The zero-order chi connectivity index (χ0) is 13.9. The van der Waals surface area contributed by atoms with Crippen molar-refractivity contribution in [3.63, 3.8) is 0 Å². The molecule has 0 radical (unpaired) electrons. The van der Waals surface area contributed by atoms with E-state index in [1.165, 1.54) is 6.07 Å². The van der Waals surface area contributed by atoms with Gasteiger partial charge >= 0.3 is 5.97 Å². The molecule has 0 unspecified atom stereocenters. The van der Waals surface area contributed by atoms with Gasteiger partial charge in [-0.15, -0.1) is 0 Å². The molecule has 1 aromatic rings. The van der Waals surface area contributed by atoms with E-state index in [-0.39, 0.29) is 11.8 Å². The third-order valence-corrected chi connectivity index (χ3v) is 2.82. The van der Waals surface area contributed by atoms with Crippen molar-refractivity contribution in [3.05, 3.63) is 35.6 Å². The fourth-order valence-electron chi connectivity index (χ4n) is 1.68. The van der Waals surface area contributed by atoms with Crippen molar-refractivity contribution in [2.45, 2.75) is 39.2 Å². The lowest BCUT2D eigenvalue weighted by Gasteiger charge is -2.06. The van der Waals surface area contributed by atoms with Gasteiger partial charge in [0, 0.05) is 18.5 Å². The molecule has 0 aliphatic heterocycles. The molecule has 0 aromatic heterocycles. The van der Waals surface area contributed by atoms with Crippen molar-refractivity contribution >= 4 is 5.97 Å². The minimum absolute atomic E-state index is 0.141. The monoisotopic (exact) mass is 267 g/mol. The fourth-order valence-corrected chi connectivity index (χ4v) is 1.68. The lowest BCUT2D eigenvalue weighted by molar-refractivity contribution is -0.143. The van der Waals surface area contributed by atoms with Crippen molar-refractivity contribution in [1.82, 2.24) is 5.32 Å². The number of hydrogen-bond donors (Lipinski definition) is 1. The molecular formula is C15H22FNO2. The Morgan fingerprint density at radius 1 is 1.26 bits per heavy atom. The lowest BCUT2D eigenvalue weighted by Crippen LogP contribution is -2.15. The fraction of sp³-hybridized carbons (Fsp3) is 0.533. The molecule has 1 aromatic carbocycles. The summed E-state index contributed by atoms with van der Waals surface area (Å²) in [6.07, 6.45) is 3.32. The molecule has 4 heteroatoms. The summed E-state index contributed by atoms with van der Waals surface area (Å²) in [5, 5.41) is 3.21. The van der Waals surface area contributed by atoms with Crippen molar-refractivity contribution in [3.8, 4) is 0 Å². The average molecular weight is 267 g/mol. The molecule has 0 bridgehead atoms. The van der Waals surface area contributed by atoms with Crippen LogP contribution in [0.3, 0.4) is 0 Å². The summed E-state index contributed by atoms with van der Waals surface area (Å²) in [5.74, 6) is -0.306. The molecule has 0 aliphatic carbocycles. The standard InChI is InChI=1S/C15H22FNO2/c1-2-15(18)19-11-7-3-6-10-17-12-13-8-4-5-9-14(13)16/h4-5,8-9,17H,2-3,6-7,10-12H2,1H3. The van der Waals surface area contributed by atoms with Gasteiger partial charge in [-0.2, -0.15) is 0 Å². The number of hydrogen-bond acceptors (Lipinski definition) is 3. The number of nitrogens with one attached hydrogen (secondary N) is 1. The van der Waals surface area contributed by atoms with Crippen LogP contribution >= 0.6 is 0 Å². The van der Waals surface area contributed by atoms with Gasteiger partial charge in [0.25, 0.3) is 0 Å². The zero-order valence-electron chi connectivity index (χ0n) is 11.5. The third kappa shape index (κ3) is 6.91. The molecule has 19 heavy (non-hydrogen) atoms. The van der Waals surface area contributed by atoms with Crippen LogP contribution in [0.25, 0.3) is 0 Å². The largest absolute Gasteiger partial charge is 0.466 e. The highest BCUT2D eigenvalue weighted by atomic mass is 19.1. The van der Waals surface area contributed by atoms with Gasteiger partial charge in [0.2, 0.25) is 0 Å². The molecule has 106 valence electrons. The summed E-state index contributed by atoms with van der Waals surface area (Å²) in [4.78, 5) is 10.9. The topological polar surface area (TPSA) is 38.3 Å². The summed E-state index contributed by atoms with van der Waals surface area (Å²) in [6.45, 7) is 3.68. The number of ether oxygens (including phenoxy) is 1. The van der Waals surface area contributed by atoms with Crippen LogP contribution in [0.2, 0.25) is 0 Å². The molecule has 0 saturated heterocycles. The van der Waals surface area contributed by atoms with Crippen LogP contribution in [0.1, 0.15) is 38.2 Å². The number of carbonyl (C=O) groups is 1. The van der Waals surface area contributed by atoms with E-state index in [0.717, 1.165) is 25.8 Å². The predicted octanol–water partition coefficient (Wildman–Crippen LogP) is 3.04. The summed E-state index contributed by atoms with van der Waals surface area (Å²) in [5.41, 5.74) is 0.694. The molecule has 0 saturated carbocycles. The SMILES string of the molecule is CCC(=O)OCCCCCNCc1ccccc1F. The maximum absolute atomic E-state index is 13.3. The van der Waals surface area contributed by atoms with Gasteiger partial charge in [0.05, 0.1) is 6.61 Å². The molecule has 0 atom stereocenters. The Bertz CT molecular complexity index is 382. The molecule has 0 heterocycles. The third-order valence-electron chi connectivity index (χ3n) is 2.82. The van der Waals surface area contributed by atoms with Crippen LogP contribution < -0.4 is 5.32 Å². The molecule has 1 rings (SSSR count). The Labute approximate surface area is 114 Å². The van der Waals surface area contributed by atoms with Gasteiger partial charge in [-0.25, -0.2) is 4.39 Å². The highest BCUT2D eigenvalue weighted by Crippen LogP contribution is 2.05. The quantitative estimate of drug-likeness (QED) is 0.552. The summed E-state index contributed by atoms with van der Waals surface area (Å²) >= 11 is 0. The number of halogens is 1. The number of benzene rings is 1. The molecule has 0 aliphatic rings. The van der Waals surface area contributed by atoms with E-state index >= 15 is 0 Å². The Morgan fingerprint density at radius 3 is 2.79 bits per heavy atom. The van der Waals surface area contributed by atoms with Crippen LogP contribution in [-0.4, -0.2) is 19.1 Å². The van der Waals surface area contributed by atoms with Crippen molar-refractivity contribution in [2.75, 3.05) is 13.2 Å². The Hall–Kier alpha value is -1.42. The second kappa shape index (κ2) is 9.50. The minimum Gasteiger partial charge on any atom is -0.466 e. The van der Waals surface area contributed by atoms with E-state index in [4.69, 9.17) is 4.74 Å². The average Bonchev–Trinajstić information content (AvgIpc) is 2.43. The van der Waals surface area contributed by atoms with Gasteiger partial charge in [0.1, 0.15) is 5.82 Å². The molecular weight excluding hydrogens is 245 g/mol. The second-order valence-corrected chi connectivity index (χ2v) is 4.40. The number of rotatable bonds is 9. The minimum atomic E-state index is -0.165. The normalized spacial score (nSPS) is 10.4. The number of unbranched alkanes of at least 4 members (excludes halogenated alkanes) is 2. The van der Waals surface area contributed by atoms with Gasteiger partial charge in [-0.3, -0.25) is 4.79 Å². The summed E-state index contributed by atoms with van der Waals surface area (Å²) in [7, 11) is 0. The van der Waals surface area contributed by atoms with Crippen LogP contribution in [0.15, 0.2) is 24.3 Å². The Balaban J connectivity index is 1.97. The van der Waals surface area contributed by atoms with E-state index < -0.39 is 0 Å². The first-order valence-electron chi connectivity index (χ1n) is 6.83. The van der Waals surface area contributed by atoms with Crippen molar-refractivity contribution < 1.29 is 13.9 Å². The number of esters is 1. The second-order valence-electron chi connectivity index (χ2n) is 4.40. The van der Waals surface area contributed by atoms with Crippen LogP contribution in [0, 0.1) is 5.82 Å². The maximum Gasteiger partial charge on any atom is 0.305 e. The zero-order valence-corrected chi connectivity index (χ0v) is 11.5. The molecule has 0 amide bonds. The summed E-state index contributed by atoms with van der Waals surface area (Å²) < 4.78 is 18.3. The van der Waals surface area contributed by atoms with E-state index in [2.05, 4.69) is 5.32 Å². The predicted molar refractivity (Wildman–Crippen MR) is 73.2 cm³/mol. The van der Waals surface area contributed by atoms with E-state index in [9.17, 15) is 9.18 Å². The highest BCUT2D eigenvalue weighted by Gasteiger charge is 2.00. The van der Waals surface area contributed by atoms with E-state index in [0.29, 0.717) is 25.1 Å². The van der Waals surface area contributed by atoms with Gasteiger partial charge in [-0.05, 0) is 31.9 Å². The van der Waals surface area contributed by atoms with Gasteiger partial charge in [-0.1, -0.05) is 25.1 Å². The first-order chi connectivity index (χ1) is 9.24. The highest BCUT2D eigenvalue weighted by molar-refractivity contribution is 5.68. The first kappa shape index (κ1) is 15.6. The van der Waals surface area contributed by atoms with E-state index in [1.807, 2.05) is 6.07 Å². The van der Waals surface area contributed by atoms with Crippen molar-refractivity contribution in [1.29, 1.82) is 0 Å². The summed E-state index contributed by atoms with van der Waals surface area (Å²) in [6, 6.07) is 6.78. The van der Waals surface area contributed by atoms with Crippen LogP contribution in [-0.2, 0) is 16.1 Å². The number of carbonyl (C=O) groups excluding carboxylic acids is 1. The lowest BCUT2D eigenvalue weighted by atomic mass is 10.2. The molecule has 1 N–H and O–H groups in total. The van der Waals surface area contributed by atoms with Crippen LogP contribution in [0.5, 0.6) is 0 Å². The maximum atomic E-state index is 13.3. The van der Waals surface area contributed by atoms with Gasteiger partial charge in [0.15, 0.2) is 0 Å².